The van der Waals surface area contributed by atoms with E-state index in [2.05, 4.69) is 15.6 Å². The zero-order valence-electron chi connectivity index (χ0n) is 17.7. The van der Waals surface area contributed by atoms with Gasteiger partial charge in [0, 0.05) is 22.7 Å². The highest BCUT2D eigenvalue weighted by molar-refractivity contribution is 7.13. The molecule has 3 amide bonds. The molecule has 1 aliphatic rings. The molecule has 8 heteroatoms. The average molecular weight is 449 g/mol. The van der Waals surface area contributed by atoms with Crippen LogP contribution >= 0.6 is 11.3 Å². The fraction of sp³-hybridized carbons (Fsp3) is 0.250. The summed E-state index contributed by atoms with van der Waals surface area (Å²) >= 11 is 1.26. The monoisotopic (exact) mass is 448 g/mol. The quantitative estimate of drug-likeness (QED) is 0.547. The van der Waals surface area contributed by atoms with Crippen molar-refractivity contribution in [2.24, 2.45) is 0 Å². The van der Waals surface area contributed by atoms with Crippen LogP contribution in [-0.2, 0) is 16.0 Å². The minimum absolute atomic E-state index is 0.0266. The Morgan fingerprint density at radius 2 is 1.72 bits per heavy atom. The molecule has 164 valence electrons. The van der Waals surface area contributed by atoms with E-state index >= 15 is 0 Å². The summed E-state index contributed by atoms with van der Waals surface area (Å²) in [6, 6.07) is 16.6. The molecule has 1 heterocycles. The number of hydrogen-bond acceptors (Lipinski definition) is 5. The number of thiazole rings is 1. The number of nitrogens with one attached hydrogen (secondary N) is 2. The summed E-state index contributed by atoms with van der Waals surface area (Å²) < 4.78 is 0. The first kappa shape index (κ1) is 21.7. The van der Waals surface area contributed by atoms with Gasteiger partial charge in [-0.1, -0.05) is 35.9 Å². The fourth-order valence-electron chi connectivity index (χ4n) is 3.27. The van der Waals surface area contributed by atoms with Crippen molar-refractivity contribution in [3.05, 3.63) is 76.8 Å². The highest BCUT2D eigenvalue weighted by Crippen LogP contribution is 2.28. The molecular weight excluding hydrogens is 424 g/mol. The lowest BCUT2D eigenvalue weighted by molar-refractivity contribution is -0.117. The zero-order valence-corrected chi connectivity index (χ0v) is 18.5. The van der Waals surface area contributed by atoms with Gasteiger partial charge in [0.1, 0.15) is 6.54 Å². The van der Waals surface area contributed by atoms with Gasteiger partial charge in [-0.05, 0) is 44.0 Å². The minimum Gasteiger partial charge on any atom is -0.326 e. The van der Waals surface area contributed by atoms with E-state index < -0.39 is 0 Å². The van der Waals surface area contributed by atoms with Crippen LogP contribution in [0.3, 0.4) is 0 Å². The largest absolute Gasteiger partial charge is 0.326 e. The lowest BCUT2D eigenvalue weighted by Gasteiger charge is -2.21. The number of aryl methyl sites for hydroxylation is 1. The van der Waals surface area contributed by atoms with Crippen molar-refractivity contribution in [3.63, 3.8) is 0 Å². The lowest BCUT2D eigenvalue weighted by atomic mass is 10.2. The van der Waals surface area contributed by atoms with Crippen molar-refractivity contribution in [3.8, 4) is 0 Å². The Labute approximate surface area is 190 Å². The summed E-state index contributed by atoms with van der Waals surface area (Å²) in [4.78, 5) is 43.6. The Balaban J connectivity index is 1.31. The summed E-state index contributed by atoms with van der Waals surface area (Å²) in [5, 5.41) is 7.75. The Morgan fingerprint density at radius 3 is 2.41 bits per heavy atom. The molecule has 4 rings (SSSR count). The molecule has 0 bridgehead atoms. The molecule has 0 spiro atoms. The fourth-order valence-corrected chi connectivity index (χ4v) is 3.99. The van der Waals surface area contributed by atoms with E-state index in [1.807, 2.05) is 49.4 Å². The van der Waals surface area contributed by atoms with Gasteiger partial charge >= 0.3 is 0 Å². The second kappa shape index (κ2) is 9.74. The Kier molecular flexibility index (Phi) is 6.61. The van der Waals surface area contributed by atoms with E-state index in [1.165, 1.54) is 11.3 Å². The second-order valence-electron chi connectivity index (χ2n) is 7.81. The van der Waals surface area contributed by atoms with Crippen LogP contribution in [0.1, 0.15) is 34.5 Å². The van der Waals surface area contributed by atoms with E-state index in [0.29, 0.717) is 16.4 Å². The molecule has 1 aromatic heterocycles. The highest BCUT2D eigenvalue weighted by atomic mass is 32.1. The minimum atomic E-state index is -0.300. The Morgan fingerprint density at radius 1 is 1.00 bits per heavy atom. The van der Waals surface area contributed by atoms with Crippen molar-refractivity contribution < 1.29 is 14.4 Å². The number of anilines is 2. The summed E-state index contributed by atoms with van der Waals surface area (Å²) in [7, 11) is 0. The molecule has 0 atom stereocenters. The standard InChI is InChI=1S/C24H24N4O3S/c1-16-7-9-18(10-8-16)25-21(29)13-19-15-32-24(26-19)27-22(30)14-28(20-11-12-20)23(31)17-5-3-2-4-6-17/h2-10,15,20H,11-14H2,1H3,(H,25,29)(H,26,27,30). The van der Waals surface area contributed by atoms with Crippen LogP contribution in [0.25, 0.3) is 0 Å². The second-order valence-corrected chi connectivity index (χ2v) is 8.67. The van der Waals surface area contributed by atoms with Crippen LogP contribution < -0.4 is 10.6 Å². The molecule has 3 aromatic rings. The summed E-state index contributed by atoms with van der Waals surface area (Å²) in [6.45, 7) is 1.96. The summed E-state index contributed by atoms with van der Waals surface area (Å²) in [6.07, 6.45) is 1.92. The van der Waals surface area contributed by atoms with Crippen LogP contribution in [0.15, 0.2) is 60.0 Å². The molecule has 32 heavy (non-hydrogen) atoms. The van der Waals surface area contributed by atoms with Gasteiger partial charge in [0.2, 0.25) is 11.8 Å². The van der Waals surface area contributed by atoms with E-state index in [0.717, 1.165) is 24.1 Å². The van der Waals surface area contributed by atoms with Gasteiger partial charge in [-0.15, -0.1) is 11.3 Å². The van der Waals surface area contributed by atoms with Crippen molar-refractivity contribution in [1.82, 2.24) is 9.88 Å². The van der Waals surface area contributed by atoms with Crippen molar-refractivity contribution in [1.29, 1.82) is 0 Å². The number of hydrogen-bond donors (Lipinski definition) is 2. The molecule has 1 aliphatic carbocycles. The summed E-state index contributed by atoms with van der Waals surface area (Å²) in [5.41, 5.74) is 3.00. The van der Waals surface area contributed by atoms with E-state index in [9.17, 15) is 14.4 Å². The number of rotatable bonds is 8. The third-order valence-electron chi connectivity index (χ3n) is 5.06. The SMILES string of the molecule is Cc1ccc(NC(=O)Cc2csc(NC(=O)CN(C(=O)c3ccccc3)C3CC3)n2)cc1. The van der Waals surface area contributed by atoms with Crippen LogP contribution in [0, 0.1) is 6.92 Å². The molecule has 7 nitrogen and oxygen atoms in total. The first-order valence-electron chi connectivity index (χ1n) is 10.4. The maximum atomic E-state index is 12.8. The molecule has 0 aliphatic heterocycles. The summed E-state index contributed by atoms with van der Waals surface area (Å²) in [5.74, 6) is -0.618. The maximum absolute atomic E-state index is 12.8. The predicted octanol–water partition coefficient (Wildman–Crippen LogP) is 3.88. The number of carbonyl (C=O) groups is 3. The normalized spacial score (nSPS) is 12.8. The van der Waals surface area contributed by atoms with Gasteiger partial charge in [0.05, 0.1) is 12.1 Å². The number of carbonyl (C=O) groups excluding carboxylic acids is 3. The van der Waals surface area contributed by atoms with Crippen molar-refractivity contribution in [2.45, 2.75) is 32.2 Å². The molecule has 2 aromatic carbocycles. The molecule has 1 saturated carbocycles. The topological polar surface area (TPSA) is 91.4 Å². The molecular formula is C24H24N4O3S. The maximum Gasteiger partial charge on any atom is 0.254 e. The van der Waals surface area contributed by atoms with Gasteiger partial charge in [-0.2, -0.15) is 0 Å². The van der Waals surface area contributed by atoms with Crippen molar-refractivity contribution in [2.75, 3.05) is 17.2 Å². The predicted molar refractivity (Wildman–Crippen MR) is 125 cm³/mol. The first-order valence-corrected chi connectivity index (χ1v) is 11.3. The number of amides is 3. The van der Waals surface area contributed by atoms with E-state index in [1.54, 1.807) is 22.4 Å². The molecule has 0 saturated heterocycles. The third kappa shape index (κ3) is 5.79. The number of benzene rings is 2. The van der Waals surface area contributed by atoms with Gasteiger partial charge in [0.25, 0.3) is 5.91 Å². The lowest BCUT2D eigenvalue weighted by Crippen LogP contribution is -2.39. The Hall–Kier alpha value is -3.52. The Bertz CT molecular complexity index is 1110. The number of aromatic nitrogens is 1. The first-order chi connectivity index (χ1) is 15.5. The smallest absolute Gasteiger partial charge is 0.254 e. The van der Waals surface area contributed by atoms with Gasteiger partial charge in [-0.3, -0.25) is 14.4 Å². The van der Waals surface area contributed by atoms with Gasteiger partial charge < -0.3 is 15.5 Å². The molecule has 0 unspecified atom stereocenters. The zero-order chi connectivity index (χ0) is 22.5. The molecule has 1 fully saturated rings. The van der Waals surface area contributed by atoms with Gasteiger partial charge in [-0.25, -0.2) is 4.98 Å². The van der Waals surface area contributed by atoms with Gasteiger partial charge in [0.15, 0.2) is 5.13 Å². The van der Waals surface area contributed by atoms with E-state index in [4.69, 9.17) is 0 Å². The van der Waals surface area contributed by atoms with Crippen LogP contribution in [0.5, 0.6) is 0 Å². The van der Waals surface area contributed by atoms with Crippen LogP contribution in [-0.4, -0.2) is 40.2 Å². The number of nitrogens with zero attached hydrogens (tertiary/aromatic N) is 2. The van der Waals surface area contributed by atoms with E-state index in [-0.39, 0.29) is 36.7 Å². The van der Waals surface area contributed by atoms with Crippen LogP contribution in [0.4, 0.5) is 10.8 Å². The highest BCUT2D eigenvalue weighted by Gasteiger charge is 2.34. The van der Waals surface area contributed by atoms with Crippen molar-refractivity contribution >= 4 is 39.9 Å². The molecule has 2 N–H and O–H groups in total. The average Bonchev–Trinajstić information content (AvgIpc) is 3.54. The molecule has 0 radical (unpaired) electrons. The third-order valence-corrected chi connectivity index (χ3v) is 5.86. The van der Waals surface area contributed by atoms with Crippen LogP contribution in [0.2, 0.25) is 0 Å².